The van der Waals surface area contributed by atoms with Crippen LogP contribution in [0.1, 0.15) is 16.1 Å². The van der Waals surface area contributed by atoms with E-state index in [4.69, 9.17) is 28.9 Å². The quantitative estimate of drug-likeness (QED) is 0.836. The fourth-order valence-corrected chi connectivity index (χ4v) is 1.95. The number of benzene rings is 1. The Kier molecular flexibility index (Phi) is 5.18. The minimum absolute atomic E-state index is 0.203. The second kappa shape index (κ2) is 7.09. The fourth-order valence-electron chi connectivity index (χ4n) is 1.61. The summed E-state index contributed by atoms with van der Waals surface area (Å²) in [6.07, 6.45) is 1.52. The van der Waals surface area contributed by atoms with E-state index in [1.54, 1.807) is 30.3 Å². The summed E-state index contributed by atoms with van der Waals surface area (Å²) in [5.41, 5.74) is 6.45. The standard InChI is InChI=1S/C15H11Cl2N3O/c16-11-5-6-12(17)13(9-11)20-15(21)14-10(3-1-7-18)4-2-8-19-14/h2,4-6,8-9H,7,18H2,(H,20,21). The summed E-state index contributed by atoms with van der Waals surface area (Å²) in [6, 6.07) is 8.20. The van der Waals surface area contributed by atoms with Crippen LogP contribution in [-0.2, 0) is 0 Å². The number of pyridine rings is 1. The van der Waals surface area contributed by atoms with E-state index in [-0.39, 0.29) is 12.2 Å². The zero-order chi connectivity index (χ0) is 15.2. The summed E-state index contributed by atoms with van der Waals surface area (Å²) in [4.78, 5) is 16.3. The van der Waals surface area contributed by atoms with E-state index in [1.165, 1.54) is 6.20 Å². The van der Waals surface area contributed by atoms with Crippen LogP contribution in [0, 0.1) is 11.8 Å². The van der Waals surface area contributed by atoms with Gasteiger partial charge in [-0.1, -0.05) is 35.0 Å². The van der Waals surface area contributed by atoms with Crippen molar-refractivity contribution in [2.75, 3.05) is 11.9 Å². The van der Waals surface area contributed by atoms with Crippen molar-refractivity contribution in [3.8, 4) is 11.8 Å². The summed E-state index contributed by atoms with van der Waals surface area (Å²) >= 11 is 11.9. The normalized spacial score (nSPS) is 9.67. The number of nitrogens with two attached hydrogens (primary N) is 1. The number of hydrogen-bond acceptors (Lipinski definition) is 3. The van der Waals surface area contributed by atoms with Crippen molar-refractivity contribution >= 4 is 34.8 Å². The first-order valence-electron chi connectivity index (χ1n) is 6.02. The molecule has 0 radical (unpaired) electrons. The first kappa shape index (κ1) is 15.3. The van der Waals surface area contributed by atoms with Crippen LogP contribution in [0.4, 0.5) is 5.69 Å². The summed E-state index contributed by atoms with van der Waals surface area (Å²) < 4.78 is 0. The Morgan fingerprint density at radius 1 is 1.33 bits per heavy atom. The van der Waals surface area contributed by atoms with Crippen molar-refractivity contribution in [1.82, 2.24) is 4.98 Å². The van der Waals surface area contributed by atoms with Gasteiger partial charge in [0.05, 0.1) is 22.8 Å². The van der Waals surface area contributed by atoms with Gasteiger partial charge < -0.3 is 11.1 Å². The minimum Gasteiger partial charge on any atom is -0.320 e. The lowest BCUT2D eigenvalue weighted by atomic mass is 10.2. The van der Waals surface area contributed by atoms with Crippen LogP contribution >= 0.6 is 23.2 Å². The number of carbonyl (C=O) groups excluding carboxylic acids is 1. The molecule has 21 heavy (non-hydrogen) atoms. The molecule has 0 saturated heterocycles. The van der Waals surface area contributed by atoms with Crippen molar-refractivity contribution in [2.45, 2.75) is 0 Å². The van der Waals surface area contributed by atoms with E-state index in [9.17, 15) is 4.79 Å². The van der Waals surface area contributed by atoms with E-state index in [2.05, 4.69) is 22.1 Å². The van der Waals surface area contributed by atoms with Gasteiger partial charge in [-0.05, 0) is 30.3 Å². The molecule has 0 aliphatic carbocycles. The fraction of sp³-hybridized carbons (Fsp3) is 0.0667. The molecule has 0 spiro atoms. The average Bonchev–Trinajstić information content (AvgIpc) is 2.49. The molecule has 2 aromatic rings. The topological polar surface area (TPSA) is 68.0 Å². The predicted molar refractivity (Wildman–Crippen MR) is 84.6 cm³/mol. The van der Waals surface area contributed by atoms with Gasteiger partial charge in [0.15, 0.2) is 0 Å². The highest BCUT2D eigenvalue weighted by Crippen LogP contribution is 2.25. The van der Waals surface area contributed by atoms with E-state index >= 15 is 0 Å². The van der Waals surface area contributed by atoms with E-state index < -0.39 is 5.91 Å². The van der Waals surface area contributed by atoms with Gasteiger partial charge in [-0.2, -0.15) is 0 Å². The molecule has 0 unspecified atom stereocenters. The SMILES string of the molecule is NCC#Cc1cccnc1C(=O)Nc1cc(Cl)ccc1Cl. The first-order chi connectivity index (χ1) is 10.1. The molecule has 6 heteroatoms. The molecule has 0 bridgehead atoms. The third-order valence-electron chi connectivity index (χ3n) is 2.52. The third kappa shape index (κ3) is 3.96. The molecule has 1 aromatic carbocycles. The maximum Gasteiger partial charge on any atom is 0.275 e. The monoisotopic (exact) mass is 319 g/mol. The van der Waals surface area contributed by atoms with Crippen LogP contribution in [-0.4, -0.2) is 17.4 Å². The molecule has 106 valence electrons. The van der Waals surface area contributed by atoms with E-state index in [1.807, 2.05) is 0 Å². The highest BCUT2D eigenvalue weighted by atomic mass is 35.5. The maximum atomic E-state index is 12.3. The van der Waals surface area contributed by atoms with Crippen LogP contribution in [0.2, 0.25) is 10.0 Å². The maximum absolute atomic E-state index is 12.3. The van der Waals surface area contributed by atoms with Gasteiger partial charge in [-0.3, -0.25) is 4.79 Å². The highest BCUT2D eigenvalue weighted by molar-refractivity contribution is 6.35. The second-order valence-corrected chi connectivity index (χ2v) is 4.83. The molecule has 3 N–H and O–H groups in total. The van der Waals surface area contributed by atoms with Gasteiger partial charge in [-0.15, -0.1) is 0 Å². The van der Waals surface area contributed by atoms with Gasteiger partial charge in [0.1, 0.15) is 5.69 Å². The molecule has 0 saturated carbocycles. The number of hydrogen-bond donors (Lipinski definition) is 2. The van der Waals surface area contributed by atoms with Gasteiger partial charge in [-0.25, -0.2) is 4.98 Å². The van der Waals surface area contributed by atoms with Crippen molar-refractivity contribution in [2.24, 2.45) is 5.73 Å². The summed E-state index contributed by atoms with van der Waals surface area (Å²) in [5, 5.41) is 3.53. The molecular weight excluding hydrogens is 309 g/mol. The molecule has 1 amide bonds. The molecular formula is C15H11Cl2N3O. The van der Waals surface area contributed by atoms with Crippen LogP contribution < -0.4 is 11.1 Å². The Morgan fingerprint density at radius 2 is 2.14 bits per heavy atom. The van der Waals surface area contributed by atoms with Gasteiger partial charge in [0, 0.05) is 11.2 Å². The third-order valence-corrected chi connectivity index (χ3v) is 3.09. The molecule has 2 rings (SSSR count). The first-order valence-corrected chi connectivity index (χ1v) is 6.78. The largest absolute Gasteiger partial charge is 0.320 e. The smallest absolute Gasteiger partial charge is 0.275 e. The molecule has 1 aromatic heterocycles. The Labute approximate surface area is 132 Å². The highest BCUT2D eigenvalue weighted by Gasteiger charge is 2.13. The number of rotatable bonds is 2. The second-order valence-electron chi connectivity index (χ2n) is 3.98. The molecule has 0 atom stereocenters. The lowest BCUT2D eigenvalue weighted by Gasteiger charge is -2.08. The number of amides is 1. The summed E-state index contributed by atoms with van der Waals surface area (Å²) in [6.45, 7) is 0.204. The molecule has 0 aliphatic heterocycles. The van der Waals surface area contributed by atoms with Crippen molar-refractivity contribution < 1.29 is 4.79 Å². The Hall–Kier alpha value is -2.06. The molecule has 0 fully saturated rings. The summed E-state index contributed by atoms with van der Waals surface area (Å²) in [5.74, 6) is 5.09. The van der Waals surface area contributed by atoms with Gasteiger partial charge >= 0.3 is 0 Å². The number of anilines is 1. The summed E-state index contributed by atoms with van der Waals surface area (Å²) in [7, 11) is 0. The van der Waals surface area contributed by atoms with Gasteiger partial charge in [0.25, 0.3) is 5.91 Å². The Morgan fingerprint density at radius 3 is 2.90 bits per heavy atom. The van der Waals surface area contributed by atoms with Crippen molar-refractivity contribution in [3.05, 3.63) is 57.8 Å². The Bertz CT molecular complexity index is 735. The van der Waals surface area contributed by atoms with Crippen LogP contribution in [0.3, 0.4) is 0 Å². The van der Waals surface area contributed by atoms with Crippen molar-refractivity contribution in [1.29, 1.82) is 0 Å². The zero-order valence-electron chi connectivity index (χ0n) is 10.9. The van der Waals surface area contributed by atoms with E-state index in [0.717, 1.165) is 0 Å². The van der Waals surface area contributed by atoms with Crippen LogP contribution in [0.25, 0.3) is 0 Å². The van der Waals surface area contributed by atoms with Crippen molar-refractivity contribution in [3.63, 3.8) is 0 Å². The molecule has 4 nitrogen and oxygen atoms in total. The Balaban J connectivity index is 2.31. The lowest BCUT2D eigenvalue weighted by Crippen LogP contribution is -2.15. The molecule has 0 aliphatic rings. The number of carbonyl (C=O) groups is 1. The van der Waals surface area contributed by atoms with E-state index in [0.29, 0.717) is 21.3 Å². The average molecular weight is 320 g/mol. The number of aromatic nitrogens is 1. The predicted octanol–water partition coefficient (Wildman–Crippen LogP) is 2.95. The minimum atomic E-state index is -0.416. The molecule has 1 heterocycles. The number of nitrogens with zero attached hydrogens (tertiary/aromatic N) is 1. The van der Waals surface area contributed by atoms with Gasteiger partial charge in [0.2, 0.25) is 0 Å². The number of halogens is 2. The lowest BCUT2D eigenvalue weighted by molar-refractivity contribution is 0.102. The van der Waals surface area contributed by atoms with Crippen LogP contribution in [0.15, 0.2) is 36.5 Å². The zero-order valence-corrected chi connectivity index (χ0v) is 12.4. The number of nitrogens with one attached hydrogen (secondary N) is 1. The van der Waals surface area contributed by atoms with Crippen LogP contribution in [0.5, 0.6) is 0 Å².